The van der Waals surface area contributed by atoms with Gasteiger partial charge in [0.25, 0.3) is 5.56 Å². The smallest absolute Gasteiger partial charge is 0.332 e. The maximum atomic E-state index is 12.8. The molecule has 0 bridgehead atoms. The molecule has 0 atom stereocenters. The summed E-state index contributed by atoms with van der Waals surface area (Å²) in [5.41, 5.74) is 5.33. The van der Waals surface area contributed by atoms with E-state index >= 15 is 0 Å². The number of carbonyl (C=O) groups is 2. The zero-order chi connectivity index (χ0) is 24.3. The van der Waals surface area contributed by atoms with Crippen molar-refractivity contribution < 1.29 is 14.3 Å². The van der Waals surface area contributed by atoms with Crippen LogP contribution in [0.1, 0.15) is 62.4 Å². The lowest BCUT2D eigenvalue weighted by molar-refractivity contribution is -0.149. The minimum absolute atomic E-state index is 0.108. The number of aromatic nitrogens is 2. The lowest BCUT2D eigenvalue weighted by Crippen LogP contribution is -2.43. The van der Waals surface area contributed by atoms with Crippen LogP contribution in [0.3, 0.4) is 0 Å². The van der Waals surface area contributed by atoms with Crippen molar-refractivity contribution in [2.45, 2.75) is 53.0 Å². The van der Waals surface area contributed by atoms with Crippen LogP contribution >= 0.6 is 0 Å². The maximum Gasteiger partial charge on any atom is 0.332 e. The topological polar surface area (TPSA) is 113 Å². The Hall–Kier alpha value is -3.16. The number of ether oxygens (including phenoxy) is 1. The van der Waals surface area contributed by atoms with E-state index in [-0.39, 0.29) is 29.3 Å². The third-order valence-corrected chi connectivity index (χ3v) is 6.68. The van der Waals surface area contributed by atoms with E-state index in [2.05, 4.69) is 20.8 Å². The summed E-state index contributed by atoms with van der Waals surface area (Å²) in [5, 5.41) is 0. The second kappa shape index (κ2) is 9.77. The van der Waals surface area contributed by atoms with Crippen LogP contribution in [0.25, 0.3) is 0 Å². The van der Waals surface area contributed by atoms with Crippen LogP contribution in [0, 0.1) is 17.3 Å². The Morgan fingerprint density at radius 2 is 1.67 bits per heavy atom. The summed E-state index contributed by atoms with van der Waals surface area (Å²) < 4.78 is 7.31. The highest BCUT2D eigenvalue weighted by molar-refractivity contribution is 6.01. The molecular weight excluding hydrogens is 422 g/mol. The van der Waals surface area contributed by atoms with Crippen LogP contribution in [0.2, 0.25) is 0 Å². The van der Waals surface area contributed by atoms with Gasteiger partial charge < -0.3 is 10.5 Å². The molecule has 1 aromatic carbocycles. The van der Waals surface area contributed by atoms with E-state index in [1.54, 1.807) is 0 Å². The van der Waals surface area contributed by atoms with Gasteiger partial charge in [-0.2, -0.15) is 0 Å². The van der Waals surface area contributed by atoms with Crippen molar-refractivity contribution in [2.24, 2.45) is 24.3 Å². The summed E-state index contributed by atoms with van der Waals surface area (Å²) in [5.74, 6) is -1.06. The Kier molecular flexibility index (Phi) is 7.25. The molecule has 1 aromatic heterocycles. The average Bonchev–Trinajstić information content (AvgIpc) is 2.79. The fourth-order valence-corrected chi connectivity index (χ4v) is 4.49. The van der Waals surface area contributed by atoms with E-state index in [0.717, 1.165) is 35.8 Å². The fraction of sp³-hybridized carbons (Fsp3) is 0.520. The number of benzene rings is 1. The highest BCUT2D eigenvalue weighted by atomic mass is 16.5. The van der Waals surface area contributed by atoms with E-state index in [4.69, 9.17) is 10.5 Å². The predicted molar refractivity (Wildman–Crippen MR) is 126 cm³/mol. The van der Waals surface area contributed by atoms with E-state index < -0.39 is 29.6 Å². The molecule has 2 N–H and O–H groups in total. The minimum Gasteiger partial charge on any atom is -0.457 e. The molecule has 178 valence electrons. The number of nitrogens with zero attached hydrogens (tertiary/aromatic N) is 2. The number of Topliss-reactive ketones (excluding diaryl/α,β-unsaturated/α-hetero) is 1. The van der Waals surface area contributed by atoms with Crippen molar-refractivity contribution >= 4 is 17.6 Å². The molecule has 0 saturated heterocycles. The molecule has 1 fully saturated rings. The van der Waals surface area contributed by atoms with Crippen LogP contribution in [-0.2, 0) is 23.1 Å². The predicted octanol–water partition coefficient (Wildman–Crippen LogP) is 2.76. The Morgan fingerprint density at radius 3 is 2.24 bits per heavy atom. The number of carbonyl (C=O) groups excluding carboxylic acids is 2. The van der Waals surface area contributed by atoms with Crippen LogP contribution in [-0.4, -0.2) is 27.5 Å². The van der Waals surface area contributed by atoms with Gasteiger partial charge in [0.1, 0.15) is 11.4 Å². The quantitative estimate of drug-likeness (QED) is 0.529. The van der Waals surface area contributed by atoms with Crippen molar-refractivity contribution in [3.63, 3.8) is 0 Å². The van der Waals surface area contributed by atoms with Crippen LogP contribution < -0.4 is 17.0 Å². The molecule has 1 aliphatic carbocycles. The Morgan fingerprint density at radius 1 is 1.06 bits per heavy atom. The third kappa shape index (κ3) is 5.43. The van der Waals surface area contributed by atoms with Gasteiger partial charge in [0, 0.05) is 7.05 Å². The normalized spacial score (nSPS) is 18.7. The summed E-state index contributed by atoms with van der Waals surface area (Å²) in [6.45, 7) is 6.14. The zero-order valence-electron chi connectivity index (χ0n) is 19.8. The molecule has 8 heteroatoms. The molecule has 0 spiro atoms. The number of rotatable bonds is 6. The summed E-state index contributed by atoms with van der Waals surface area (Å²) in [7, 11) is 1.29. The van der Waals surface area contributed by atoms with E-state index in [1.165, 1.54) is 11.6 Å². The zero-order valence-corrected chi connectivity index (χ0v) is 19.8. The number of nitrogens with two attached hydrogens (primary N) is 1. The average molecular weight is 456 g/mol. The van der Waals surface area contributed by atoms with Gasteiger partial charge in [-0.25, -0.2) is 4.79 Å². The highest BCUT2D eigenvalue weighted by Gasteiger charge is 2.33. The standard InChI is InChI=1S/C25H33N3O5/c1-25(2,3)18-12-10-17(11-13-18)23(31)33-15-19(29)20-21(26)28(24(32)27(4)22(20)30)14-16-8-6-5-7-9-16/h5-9,17-18H,10-15,26H2,1-4H3. The Bertz CT molecular complexity index is 1130. The van der Waals surface area contributed by atoms with Gasteiger partial charge in [-0.15, -0.1) is 0 Å². The summed E-state index contributed by atoms with van der Waals surface area (Å²) in [4.78, 5) is 50.6. The lowest BCUT2D eigenvalue weighted by Gasteiger charge is -2.36. The van der Waals surface area contributed by atoms with E-state index in [9.17, 15) is 19.2 Å². The first-order valence-corrected chi connectivity index (χ1v) is 11.3. The Labute approximate surface area is 193 Å². The largest absolute Gasteiger partial charge is 0.457 e. The number of nitrogen functional groups attached to an aromatic ring is 1. The molecule has 0 unspecified atom stereocenters. The molecule has 1 aliphatic rings. The van der Waals surface area contributed by atoms with Crippen molar-refractivity contribution in [3.05, 3.63) is 62.3 Å². The van der Waals surface area contributed by atoms with Gasteiger partial charge in [-0.1, -0.05) is 51.1 Å². The number of esters is 1. The Balaban J connectivity index is 1.73. The first-order chi connectivity index (χ1) is 15.5. The summed E-state index contributed by atoms with van der Waals surface area (Å²) >= 11 is 0. The third-order valence-electron chi connectivity index (χ3n) is 6.68. The second-order valence-corrected chi connectivity index (χ2v) is 9.92. The monoisotopic (exact) mass is 455 g/mol. The molecule has 3 rings (SSSR count). The van der Waals surface area contributed by atoms with Gasteiger partial charge in [-0.3, -0.25) is 23.5 Å². The van der Waals surface area contributed by atoms with Gasteiger partial charge in [0.15, 0.2) is 6.61 Å². The first-order valence-electron chi connectivity index (χ1n) is 11.3. The van der Waals surface area contributed by atoms with E-state index in [1.807, 2.05) is 30.3 Å². The number of ketones is 1. The van der Waals surface area contributed by atoms with E-state index in [0.29, 0.717) is 5.92 Å². The molecule has 33 heavy (non-hydrogen) atoms. The van der Waals surface area contributed by atoms with Crippen molar-refractivity contribution in [3.8, 4) is 0 Å². The lowest BCUT2D eigenvalue weighted by atomic mass is 9.70. The SMILES string of the molecule is Cn1c(=O)c(C(=O)COC(=O)C2CCC(C(C)(C)C)CC2)c(N)n(Cc2ccccc2)c1=O. The summed E-state index contributed by atoms with van der Waals surface area (Å²) in [6, 6.07) is 9.11. The highest BCUT2D eigenvalue weighted by Crippen LogP contribution is 2.40. The molecule has 0 radical (unpaired) electrons. The van der Waals surface area contributed by atoms with Crippen molar-refractivity contribution in [1.82, 2.24) is 9.13 Å². The molecule has 1 heterocycles. The number of hydrogen-bond acceptors (Lipinski definition) is 6. The van der Waals surface area contributed by atoms with Gasteiger partial charge in [0.2, 0.25) is 5.78 Å². The molecule has 2 aromatic rings. The van der Waals surface area contributed by atoms with Gasteiger partial charge in [0.05, 0.1) is 12.5 Å². The molecule has 0 amide bonds. The van der Waals surface area contributed by atoms with Gasteiger partial charge >= 0.3 is 11.7 Å². The minimum atomic E-state index is -0.798. The number of hydrogen-bond donors (Lipinski definition) is 1. The van der Waals surface area contributed by atoms with Crippen LogP contribution in [0.5, 0.6) is 0 Å². The van der Waals surface area contributed by atoms with Crippen molar-refractivity contribution in [2.75, 3.05) is 12.3 Å². The number of anilines is 1. The van der Waals surface area contributed by atoms with Crippen molar-refractivity contribution in [1.29, 1.82) is 0 Å². The second-order valence-electron chi connectivity index (χ2n) is 9.92. The molecular formula is C25H33N3O5. The summed E-state index contributed by atoms with van der Waals surface area (Å²) in [6.07, 6.45) is 3.33. The van der Waals surface area contributed by atoms with Crippen LogP contribution in [0.4, 0.5) is 5.82 Å². The first kappa shape index (κ1) is 24.5. The fourth-order valence-electron chi connectivity index (χ4n) is 4.49. The molecule has 8 nitrogen and oxygen atoms in total. The molecule has 0 aliphatic heterocycles. The maximum absolute atomic E-state index is 12.8. The molecule has 1 saturated carbocycles. The van der Waals surface area contributed by atoms with Crippen LogP contribution in [0.15, 0.2) is 39.9 Å². The van der Waals surface area contributed by atoms with Gasteiger partial charge in [-0.05, 0) is 42.6 Å².